The molecular formula is C23H23ClFN5O3. The normalized spacial score (nSPS) is 18.7. The molecule has 4 N–H and O–H groups in total. The third-order valence-electron chi connectivity index (χ3n) is 5.99. The van der Waals surface area contributed by atoms with E-state index in [0.29, 0.717) is 42.1 Å². The molecule has 0 saturated carbocycles. The number of hydrogen-bond donors (Lipinski definition) is 4. The van der Waals surface area contributed by atoms with Crippen molar-refractivity contribution < 1.29 is 19.1 Å². The second-order valence-electron chi connectivity index (χ2n) is 8.27. The maximum absolute atomic E-state index is 14.2. The molecule has 1 saturated heterocycles. The van der Waals surface area contributed by atoms with Gasteiger partial charge in [0.15, 0.2) is 5.69 Å². The Morgan fingerprint density at radius 1 is 1.24 bits per heavy atom. The van der Waals surface area contributed by atoms with Crippen LogP contribution in [0.5, 0.6) is 0 Å². The number of carbonyl (C=O) groups is 2. The van der Waals surface area contributed by atoms with Crippen molar-refractivity contribution in [3.05, 3.63) is 70.8 Å². The van der Waals surface area contributed by atoms with Crippen molar-refractivity contribution >= 4 is 23.5 Å². The summed E-state index contributed by atoms with van der Waals surface area (Å²) < 4.78 is 14.2. The lowest BCUT2D eigenvalue weighted by atomic mass is 9.79. The summed E-state index contributed by atoms with van der Waals surface area (Å²) in [6.07, 6.45) is 2.44. The Morgan fingerprint density at radius 3 is 2.67 bits per heavy atom. The molecule has 0 radical (unpaired) electrons. The van der Waals surface area contributed by atoms with E-state index in [1.54, 1.807) is 18.2 Å². The molecule has 2 aromatic carbocycles. The van der Waals surface area contributed by atoms with Crippen LogP contribution in [0.1, 0.15) is 28.9 Å². The Bertz CT molecular complexity index is 1130. The highest BCUT2D eigenvalue weighted by molar-refractivity contribution is 6.30. The maximum atomic E-state index is 14.2. The first kappa shape index (κ1) is 22.9. The molecule has 0 bridgehead atoms. The van der Waals surface area contributed by atoms with E-state index in [4.69, 9.17) is 11.6 Å². The first-order valence-electron chi connectivity index (χ1n) is 10.5. The Balaban J connectivity index is 1.55. The van der Waals surface area contributed by atoms with Crippen molar-refractivity contribution in [3.63, 3.8) is 0 Å². The summed E-state index contributed by atoms with van der Waals surface area (Å²) in [6, 6.07) is 11.2. The molecule has 2 atom stereocenters. The number of hydrogen-bond acceptors (Lipinski definition) is 5. The molecule has 1 fully saturated rings. The number of halogens is 2. The molecule has 3 aromatic rings. The van der Waals surface area contributed by atoms with Gasteiger partial charge < -0.3 is 15.7 Å². The van der Waals surface area contributed by atoms with Gasteiger partial charge in [-0.15, -0.1) is 0 Å². The number of aromatic nitrogens is 3. The third kappa shape index (κ3) is 5.20. The fourth-order valence-corrected chi connectivity index (χ4v) is 4.40. The van der Waals surface area contributed by atoms with Gasteiger partial charge in [-0.05, 0) is 55.1 Å². The van der Waals surface area contributed by atoms with Crippen LogP contribution in [0.4, 0.5) is 4.39 Å². The molecule has 1 aliphatic heterocycles. The van der Waals surface area contributed by atoms with Crippen LogP contribution in [0.25, 0.3) is 11.1 Å². The number of H-pyrrole nitrogens is 1. The van der Waals surface area contributed by atoms with Crippen LogP contribution in [-0.4, -0.2) is 51.5 Å². The van der Waals surface area contributed by atoms with Gasteiger partial charge in [0.05, 0.1) is 11.6 Å². The number of nitrogens with zero attached hydrogens (tertiary/aromatic N) is 2. The van der Waals surface area contributed by atoms with Gasteiger partial charge in [-0.2, -0.15) is 15.4 Å². The first-order chi connectivity index (χ1) is 15.9. The average Bonchev–Trinajstić information content (AvgIpc) is 3.49. The number of nitrogens with one attached hydrogen (secondary N) is 3. The van der Waals surface area contributed by atoms with Gasteiger partial charge in [-0.3, -0.25) is 9.59 Å². The number of carbonyl (C=O) groups excluding carboxylic acids is 1. The highest BCUT2D eigenvalue weighted by Gasteiger charge is 2.43. The minimum atomic E-state index is -0.967. The highest BCUT2D eigenvalue weighted by Crippen LogP contribution is 2.33. The Labute approximate surface area is 194 Å². The summed E-state index contributed by atoms with van der Waals surface area (Å²) in [5.74, 6) is -1.69. The van der Waals surface area contributed by atoms with Crippen LogP contribution < -0.4 is 10.6 Å². The van der Waals surface area contributed by atoms with Crippen molar-refractivity contribution in [2.45, 2.75) is 25.3 Å². The quantitative estimate of drug-likeness (QED) is 0.401. The van der Waals surface area contributed by atoms with Crippen LogP contribution >= 0.6 is 11.6 Å². The molecule has 10 heteroatoms. The number of carboxylic acids is 1. The fraction of sp³-hybridized carbons (Fsp3) is 0.304. The number of carboxylic acid groups (broad SMARTS) is 1. The number of rotatable bonds is 8. The summed E-state index contributed by atoms with van der Waals surface area (Å²) in [5, 5.41) is 26.2. The van der Waals surface area contributed by atoms with Crippen LogP contribution in [0.2, 0.25) is 5.02 Å². The first-order valence-corrected chi connectivity index (χ1v) is 10.9. The van der Waals surface area contributed by atoms with Gasteiger partial charge in [0, 0.05) is 23.2 Å². The average molecular weight is 472 g/mol. The van der Waals surface area contributed by atoms with Gasteiger partial charge in [-0.25, -0.2) is 4.39 Å². The predicted molar refractivity (Wildman–Crippen MR) is 120 cm³/mol. The number of amides is 1. The Morgan fingerprint density at radius 2 is 2.03 bits per heavy atom. The van der Waals surface area contributed by atoms with Gasteiger partial charge in [0.1, 0.15) is 5.82 Å². The lowest BCUT2D eigenvalue weighted by Crippen LogP contribution is -2.44. The van der Waals surface area contributed by atoms with Crippen LogP contribution in [0.3, 0.4) is 0 Å². The predicted octanol–water partition coefficient (Wildman–Crippen LogP) is 3.06. The van der Waals surface area contributed by atoms with Crippen LogP contribution in [0.15, 0.2) is 48.7 Å². The second-order valence-corrected chi connectivity index (χ2v) is 8.70. The van der Waals surface area contributed by atoms with E-state index in [0.717, 1.165) is 5.56 Å². The van der Waals surface area contributed by atoms with E-state index in [-0.39, 0.29) is 17.9 Å². The van der Waals surface area contributed by atoms with E-state index in [9.17, 15) is 19.1 Å². The van der Waals surface area contributed by atoms with E-state index >= 15 is 0 Å². The van der Waals surface area contributed by atoms with E-state index in [2.05, 4.69) is 26.0 Å². The van der Waals surface area contributed by atoms with Gasteiger partial charge >= 0.3 is 5.97 Å². The zero-order valence-electron chi connectivity index (χ0n) is 17.6. The van der Waals surface area contributed by atoms with Crippen LogP contribution in [-0.2, 0) is 11.2 Å². The molecule has 1 amide bonds. The van der Waals surface area contributed by atoms with E-state index in [1.165, 1.54) is 18.3 Å². The maximum Gasteiger partial charge on any atom is 0.311 e. The molecule has 1 aromatic heterocycles. The van der Waals surface area contributed by atoms with Gasteiger partial charge in [0.2, 0.25) is 0 Å². The standard InChI is InChI=1S/C23H23ClFN5O3/c24-16-5-6-19(25)18(10-16)15-3-1-14(2-4-15)9-17(28-21(31)20-12-27-30-29-20)11-23(22(32)33)7-8-26-13-23/h1-6,10,12,17,26H,7-9,11,13H2,(H,28,31)(H,32,33)(H,27,29,30)/t17-,23?/m0/s1. The molecule has 0 aliphatic carbocycles. The zero-order valence-corrected chi connectivity index (χ0v) is 18.4. The molecule has 1 unspecified atom stereocenters. The monoisotopic (exact) mass is 471 g/mol. The van der Waals surface area contributed by atoms with Gasteiger partial charge in [-0.1, -0.05) is 35.9 Å². The van der Waals surface area contributed by atoms with Gasteiger partial charge in [0.25, 0.3) is 5.91 Å². The molecule has 1 aliphatic rings. The highest BCUT2D eigenvalue weighted by atomic mass is 35.5. The minimum Gasteiger partial charge on any atom is -0.481 e. The molecule has 172 valence electrons. The smallest absolute Gasteiger partial charge is 0.311 e. The molecular weight excluding hydrogens is 449 g/mol. The van der Waals surface area contributed by atoms with E-state index in [1.807, 2.05) is 12.1 Å². The Kier molecular flexibility index (Phi) is 6.71. The number of aromatic amines is 1. The van der Waals surface area contributed by atoms with Crippen molar-refractivity contribution in [1.82, 2.24) is 26.0 Å². The van der Waals surface area contributed by atoms with Crippen molar-refractivity contribution in [2.75, 3.05) is 13.1 Å². The third-order valence-corrected chi connectivity index (χ3v) is 6.23. The van der Waals surface area contributed by atoms with Crippen molar-refractivity contribution in [1.29, 1.82) is 0 Å². The Hall–Kier alpha value is -3.30. The summed E-state index contributed by atoms with van der Waals surface area (Å²) in [7, 11) is 0. The summed E-state index contributed by atoms with van der Waals surface area (Å²) >= 11 is 6.01. The number of benzene rings is 2. The fourth-order valence-electron chi connectivity index (χ4n) is 4.23. The molecule has 2 heterocycles. The summed E-state index contributed by atoms with van der Waals surface area (Å²) in [4.78, 5) is 24.7. The molecule has 0 spiro atoms. The molecule has 33 heavy (non-hydrogen) atoms. The largest absolute Gasteiger partial charge is 0.481 e. The lowest BCUT2D eigenvalue weighted by molar-refractivity contribution is -0.148. The lowest BCUT2D eigenvalue weighted by Gasteiger charge is -2.29. The van der Waals surface area contributed by atoms with Crippen molar-refractivity contribution in [2.24, 2.45) is 5.41 Å². The van der Waals surface area contributed by atoms with Crippen molar-refractivity contribution in [3.8, 4) is 11.1 Å². The summed E-state index contributed by atoms with van der Waals surface area (Å²) in [5.41, 5.74) is 1.10. The topological polar surface area (TPSA) is 120 Å². The SMILES string of the molecule is O=C(N[C@@H](Cc1ccc(-c2cc(Cl)ccc2F)cc1)CC1(C(=O)O)CCNC1)c1cn[nH]n1. The second kappa shape index (κ2) is 9.68. The van der Waals surface area contributed by atoms with E-state index < -0.39 is 23.3 Å². The molecule has 8 nitrogen and oxygen atoms in total. The van der Waals surface area contributed by atoms with Crippen LogP contribution in [0, 0.1) is 11.2 Å². The number of aliphatic carboxylic acids is 1. The minimum absolute atomic E-state index is 0.126. The molecule has 4 rings (SSSR count). The zero-order chi connectivity index (χ0) is 23.4. The summed E-state index contributed by atoms with van der Waals surface area (Å²) in [6.45, 7) is 0.946.